The molecule has 1 aliphatic carbocycles. The van der Waals surface area contributed by atoms with E-state index < -0.39 is 0 Å². The van der Waals surface area contributed by atoms with Gasteiger partial charge in [-0.2, -0.15) is 5.10 Å². The molecule has 0 amide bonds. The molecule has 2 N–H and O–H groups in total. The van der Waals surface area contributed by atoms with Crippen LogP contribution in [0.3, 0.4) is 0 Å². The van der Waals surface area contributed by atoms with E-state index in [1.807, 2.05) is 18.2 Å². The van der Waals surface area contributed by atoms with Crippen LogP contribution in [0.25, 0.3) is 5.69 Å². The minimum Gasteiger partial charge on any atom is -0.330 e. The summed E-state index contributed by atoms with van der Waals surface area (Å²) in [6.45, 7) is 2.87. The first-order chi connectivity index (χ1) is 9.74. The molecule has 0 aliphatic heterocycles. The molecule has 1 aromatic heterocycles. The molecule has 1 aliphatic rings. The third-order valence-corrected chi connectivity index (χ3v) is 4.38. The minimum absolute atomic E-state index is 0.460. The molecule has 0 spiro atoms. The molecular formula is C16H20ClN3. The van der Waals surface area contributed by atoms with Gasteiger partial charge in [0.25, 0.3) is 0 Å². The maximum atomic E-state index is 6.11. The second-order valence-electron chi connectivity index (χ2n) is 5.38. The van der Waals surface area contributed by atoms with Gasteiger partial charge in [0.15, 0.2) is 0 Å². The SMILES string of the molecule is CCc1nn(-c2cccc(Cl)c2)c2c1C(CN)CCC2. The second-order valence-corrected chi connectivity index (χ2v) is 5.81. The highest BCUT2D eigenvalue weighted by molar-refractivity contribution is 6.30. The van der Waals surface area contributed by atoms with Crippen molar-refractivity contribution in [3.05, 3.63) is 46.2 Å². The molecule has 0 fully saturated rings. The van der Waals surface area contributed by atoms with Crippen LogP contribution in [0.2, 0.25) is 5.02 Å². The van der Waals surface area contributed by atoms with Crippen molar-refractivity contribution >= 4 is 11.6 Å². The van der Waals surface area contributed by atoms with Gasteiger partial charge in [0.1, 0.15) is 0 Å². The lowest BCUT2D eigenvalue weighted by Crippen LogP contribution is -2.19. The highest BCUT2D eigenvalue weighted by Gasteiger charge is 2.27. The molecule has 0 radical (unpaired) electrons. The van der Waals surface area contributed by atoms with Crippen molar-refractivity contribution in [1.29, 1.82) is 0 Å². The second kappa shape index (κ2) is 5.58. The van der Waals surface area contributed by atoms with Crippen molar-refractivity contribution in [2.24, 2.45) is 5.73 Å². The van der Waals surface area contributed by atoms with E-state index in [9.17, 15) is 0 Å². The summed E-state index contributed by atoms with van der Waals surface area (Å²) in [5.41, 5.74) is 10.9. The van der Waals surface area contributed by atoms with Crippen LogP contribution in [0, 0.1) is 0 Å². The van der Waals surface area contributed by atoms with Crippen LogP contribution < -0.4 is 5.73 Å². The highest BCUT2D eigenvalue weighted by Crippen LogP contribution is 2.35. The molecule has 3 nitrogen and oxygen atoms in total. The zero-order chi connectivity index (χ0) is 14.1. The Morgan fingerprint density at radius 2 is 2.30 bits per heavy atom. The zero-order valence-corrected chi connectivity index (χ0v) is 12.5. The van der Waals surface area contributed by atoms with Gasteiger partial charge in [-0.25, -0.2) is 4.68 Å². The van der Waals surface area contributed by atoms with Gasteiger partial charge in [0, 0.05) is 16.3 Å². The number of nitrogens with two attached hydrogens (primary N) is 1. The maximum absolute atomic E-state index is 6.11. The van der Waals surface area contributed by atoms with Crippen molar-refractivity contribution in [3.63, 3.8) is 0 Å². The summed E-state index contributed by atoms with van der Waals surface area (Å²) in [7, 11) is 0. The lowest BCUT2D eigenvalue weighted by molar-refractivity contribution is 0.547. The number of rotatable bonds is 3. The molecule has 1 atom stereocenters. The quantitative estimate of drug-likeness (QED) is 0.940. The smallest absolute Gasteiger partial charge is 0.0664 e. The van der Waals surface area contributed by atoms with Crippen LogP contribution >= 0.6 is 11.6 Å². The molecule has 20 heavy (non-hydrogen) atoms. The number of benzene rings is 1. The van der Waals surface area contributed by atoms with Crippen LogP contribution in [0.15, 0.2) is 24.3 Å². The first kappa shape index (κ1) is 13.7. The largest absolute Gasteiger partial charge is 0.330 e. The van der Waals surface area contributed by atoms with E-state index in [-0.39, 0.29) is 0 Å². The van der Waals surface area contributed by atoms with Crippen LogP contribution in [0.5, 0.6) is 0 Å². The van der Waals surface area contributed by atoms with E-state index in [2.05, 4.69) is 17.7 Å². The van der Waals surface area contributed by atoms with Crippen molar-refractivity contribution < 1.29 is 0 Å². The molecule has 1 aromatic carbocycles. The molecule has 3 rings (SSSR count). The summed E-state index contributed by atoms with van der Waals surface area (Å²) >= 11 is 6.11. The number of fused-ring (bicyclic) bond motifs is 1. The lowest BCUT2D eigenvalue weighted by Gasteiger charge is -2.22. The normalized spacial score (nSPS) is 18.1. The number of hydrogen-bond donors (Lipinski definition) is 1. The fraction of sp³-hybridized carbons (Fsp3) is 0.438. The molecule has 0 saturated heterocycles. The summed E-state index contributed by atoms with van der Waals surface area (Å²) < 4.78 is 2.07. The maximum Gasteiger partial charge on any atom is 0.0664 e. The zero-order valence-electron chi connectivity index (χ0n) is 11.8. The Hall–Kier alpha value is -1.32. The summed E-state index contributed by atoms with van der Waals surface area (Å²) in [6.07, 6.45) is 4.39. The molecule has 4 heteroatoms. The summed E-state index contributed by atoms with van der Waals surface area (Å²) in [6, 6.07) is 7.90. The molecular weight excluding hydrogens is 270 g/mol. The first-order valence-electron chi connectivity index (χ1n) is 7.31. The van der Waals surface area contributed by atoms with Crippen LogP contribution in [0.1, 0.15) is 42.6 Å². The minimum atomic E-state index is 0.460. The van der Waals surface area contributed by atoms with E-state index in [4.69, 9.17) is 22.4 Å². The number of aryl methyl sites for hydroxylation is 1. The van der Waals surface area contributed by atoms with E-state index in [1.165, 1.54) is 29.8 Å². The van der Waals surface area contributed by atoms with Crippen molar-refractivity contribution in [2.75, 3.05) is 6.54 Å². The average molecular weight is 290 g/mol. The fourth-order valence-corrected chi connectivity index (χ4v) is 3.39. The van der Waals surface area contributed by atoms with Crippen LogP contribution in [-0.4, -0.2) is 16.3 Å². The number of hydrogen-bond acceptors (Lipinski definition) is 2. The fourth-order valence-electron chi connectivity index (χ4n) is 3.21. The molecule has 2 aromatic rings. The van der Waals surface area contributed by atoms with Crippen LogP contribution in [-0.2, 0) is 12.8 Å². The van der Waals surface area contributed by atoms with Gasteiger partial charge in [0.05, 0.1) is 11.4 Å². The Morgan fingerprint density at radius 1 is 1.45 bits per heavy atom. The molecule has 1 unspecified atom stereocenters. The molecule has 106 valence electrons. The van der Waals surface area contributed by atoms with Gasteiger partial charge < -0.3 is 5.73 Å². The number of aromatic nitrogens is 2. The van der Waals surface area contributed by atoms with Gasteiger partial charge in [-0.05, 0) is 56.3 Å². The van der Waals surface area contributed by atoms with Gasteiger partial charge in [-0.3, -0.25) is 0 Å². The van der Waals surface area contributed by atoms with E-state index >= 15 is 0 Å². The van der Waals surface area contributed by atoms with E-state index in [1.54, 1.807) is 0 Å². The Labute approximate surface area is 124 Å². The topological polar surface area (TPSA) is 43.8 Å². The Bertz CT molecular complexity index is 618. The lowest BCUT2D eigenvalue weighted by atomic mass is 9.85. The predicted molar refractivity (Wildman–Crippen MR) is 82.7 cm³/mol. The predicted octanol–water partition coefficient (Wildman–Crippen LogP) is 3.47. The Kier molecular flexibility index (Phi) is 3.81. The Balaban J connectivity index is 2.16. The van der Waals surface area contributed by atoms with Gasteiger partial charge in [-0.15, -0.1) is 0 Å². The van der Waals surface area contributed by atoms with Gasteiger partial charge in [0.2, 0.25) is 0 Å². The van der Waals surface area contributed by atoms with E-state index in [0.29, 0.717) is 12.5 Å². The summed E-state index contributed by atoms with van der Waals surface area (Å²) in [5.74, 6) is 0.460. The van der Waals surface area contributed by atoms with Crippen molar-refractivity contribution in [3.8, 4) is 5.69 Å². The monoisotopic (exact) mass is 289 g/mol. The Morgan fingerprint density at radius 3 is 3.00 bits per heavy atom. The van der Waals surface area contributed by atoms with E-state index in [0.717, 1.165) is 23.6 Å². The molecule has 0 saturated carbocycles. The first-order valence-corrected chi connectivity index (χ1v) is 7.69. The summed E-state index contributed by atoms with van der Waals surface area (Å²) in [4.78, 5) is 0. The molecule has 1 heterocycles. The molecule has 0 bridgehead atoms. The number of nitrogens with zero attached hydrogens (tertiary/aromatic N) is 2. The standard InChI is InChI=1S/C16H20ClN3/c1-2-14-16-11(10-18)5-3-8-15(16)20(19-14)13-7-4-6-12(17)9-13/h4,6-7,9,11H,2-3,5,8,10,18H2,1H3. The van der Waals surface area contributed by atoms with Gasteiger partial charge >= 0.3 is 0 Å². The summed E-state index contributed by atoms with van der Waals surface area (Å²) in [5, 5.41) is 5.57. The van der Waals surface area contributed by atoms with Crippen molar-refractivity contribution in [1.82, 2.24) is 9.78 Å². The number of halogens is 1. The third kappa shape index (κ3) is 2.25. The average Bonchev–Trinajstić information content (AvgIpc) is 2.86. The third-order valence-electron chi connectivity index (χ3n) is 4.14. The van der Waals surface area contributed by atoms with Crippen LogP contribution in [0.4, 0.5) is 0 Å². The highest BCUT2D eigenvalue weighted by atomic mass is 35.5. The van der Waals surface area contributed by atoms with Crippen molar-refractivity contribution in [2.45, 2.75) is 38.5 Å². The van der Waals surface area contributed by atoms with Gasteiger partial charge in [-0.1, -0.05) is 24.6 Å².